The number of anilines is 2. The molecular weight excluding hydrogens is 230 g/mol. The minimum Gasteiger partial charge on any atom is -0.381 e. The Balaban J connectivity index is 0. The number of nitrogens with two attached hydrogens (primary N) is 3. The molecule has 2 rings (SSSR count). The van der Waals surface area contributed by atoms with Crippen LogP contribution < -0.4 is 27.8 Å². The molecule has 1 atom stereocenters. The molecule has 6 heteroatoms. The van der Waals surface area contributed by atoms with Crippen molar-refractivity contribution in [1.82, 2.24) is 0 Å². The van der Waals surface area contributed by atoms with Gasteiger partial charge in [0.05, 0.1) is 17.4 Å². The molecule has 0 amide bonds. The molecule has 18 heavy (non-hydrogen) atoms. The predicted octanol–water partition coefficient (Wildman–Crippen LogP) is -0.184. The third-order valence-electron chi connectivity index (χ3n) is 1.94. The fourth-order valence-corrected chi connectivity index (χ4v) is 1.32. The smallest absolute Gasteiger partial charge is 0.144 e. The van der Waals surface area contributed by atoms with Gasteiger partial charge in [-0.15, -0.1) is 0 Å². The normalized spacial score (nSPS) is 14.4. The Labute approximate surface area is 109 Å². The Morgan fingerprint density at radius 1 is 1.06 bits per heavy atom. The third kappa shape index (κ3) is 6.19. The number of carbonyl (C=O) groups is 1. The lowest BCUT2D eigenvalue weighted by atomic mass is 10.2. The van der Waals surface area contributed by atoms with Gasteiger partial charge in [-0.1, -0.05) is 12.1 Å². The Hall–Kier alpha value is -1.63. The van der Waals surface area contributed by atoms with Crippen LogP contribution in [0, 0.1) is 0 Å². The molecule has 0 spiro atoms. The Morgan fingerprint density at radius 3 is 2.06 bits per heavy atom. The summed E-state index contributed by atoms with van der Waals surface area (Å²) in [5, 5.41) is 6.29. The number of carbonyl (C=O) groups excluding carboxylic acids is 1. The monoisotopic (exact) mass is 255 g/mol. The number of para-hydroxylation sites is 2. The van der Waals surface area contributed by atoms with Crippen LogP contribution in [-0.2, 0) is 4.79 Å². The molecular formula is C12H25N5O. The summed E-state index contributed by atoms with van der Waals surface area (Å²) in [6.07, 6.45) is 0.920. The van der Waals surface area contributed by atoms with Crippen molar-refractivity contribution in [3.8, 4) is 0 Å². The van der Waals surface area contributed by atoms with Gasteiger partial charge < -0.3 is 32.6 Å². The summed E-state index contributed by atoms with van der Waals surface area (Å²) in [5.41, 5.74) is 15.6. The maximum atomic E-state index is 10.5. The lowest BCUT2D eigenvalue weighted by Gasteiger charge is -2.24. The van der Waals surface area contributed by atoms with Crippen LogP contribution in [0.1, 0.15) is 0 Å². The van der Waals surface area contributed by atoms with Crippen LogP contribution in [0.4, 0.5) is 11.4 Å². The van der Waals surface area contributed by atoms with Gasteiger partial charge in [-0.05, 0) is 33.3 Å². The zero-order valence-corrected chi connectivity index (χ0v) is 11.3. The standard InChI is InChI=1S/C9H10N2O.3CH5N/c12-6-7-5-10-8-3-1-2-4-9(8)11-7;3*1-2/h1-4,6-7,10-11H,5H2;3*2H2,1H3. The zero-order valence-electron chi connectivity index (χ0n) is 11.3. The van der Waals surface area contributed by atoms with Crippen molar-refractivity contribution in [2.45, 2.75) is 6.04 Å². The minimum absolute atomic E-state index is 0.0973. The molecule has 0 aliphatic carbocycles. The van der Waals surface area contributed by atoms with Crippen LogP contribution in [-0.4, -0.2) is 40.0 Å². The number of nitrogens with one attached hydrogen (secondary N) is 2. The largest absolute Gasteiger partial charge is 0.381 e. The van der Waals surface area contributed by atoms with Crippen molar-refractivity contribution in [2.75, 3.05) is 38.3 Å². The van der Waals surface area contributed by atoms with Gasteiger partial charge in [0.1, 0.15) is 6.29 Å². The maximum absolute atomic E-state index is 10.5. The first-order valence-corrected chi connectivity index (χ1v) is 5.68. The maximum Gasteiger partial charge on any atom is 0.144 e. The fraction of sp³-hybridized carbons (Fsp3) is 0.417. The molecule has 1 aliphatic heterocycles. The molecule has 1 aromatic carbocycles. The van der Waals surface area contributed by atoms with E-state index < -0.39 is 0 Å². The van der Waals surface area contributed by atoms with E-state index in [4.69, 9.17) is 0 Å². The van der Waals surface area contributed by atoms with E-state index in [2.05, 4.69) is 27.8 Å². The van der Waals surface area contributed by atoms with Crippen molar-refractivity contribution in [1.29, 1.82) is 0 Å². The molecule has 1 aromatic rings. The molecule has 0 saturated heterocycles. The van der Waals surface area contributed by atoms with E-state index in [1.807, 2.05) is 24.3 Å². The Morgan fingerprint density at radius 2 is 1.56 bits per heavy atom. The predicted molar refractivity (Wildman–Crippen MR) is 78.7 cm³/mol. The van der Waals surface area contributed by atoms with Crippen LogP contribution in [0.15, 0.2) is 24.3 Å². The molecule has 0 radical (unpaired) electrons. The van der Waals surface area contributed by atoms with E-state index >= 15 is 0 Å². The van der Waals surface area contributed by atoms with Gasteiger partial charge in [0.2, 0.25) is 0 Å². The molecule has 8 N–H and O–H groups in total. The Kier molecular flexibility index (Phi) is 14.0. The van der Waals surface area contributed by atoms with Gasteiger partial charge >= 0.3 is 0 Å². The van der Waals surface area contributed by atoms with E-state index in [9.17, 15) is 4.79 Å². The van der Waals surface area contributed by atoms with Crippen molar-refractivity contribution in [3.63, 3.8) is 0 Å². The molecule has 0 saturated carbocycles. The van der Waals surface area contributed by atoms with Crippen molar-refractivity contribution < 1.29 is 4.79 Å². The number of aldehydes is 1. The number of benzene rings is 1. The first kappa shape index (κ1) is 18.7. The molecule has 1 aliphatic rings. The topological polar surface area (TPSA) is 119 Å². The molecule has 0 aromatic heterocycles. The summed E-state index contributed by atoms with van der Waals surface area (Å²) >= 11 is 0. The van der Waals surface area contributed by atoms with Crippen LogP contribution in [0.5, 0.6) is 0 Å². The highest BCUT2D eigenvalue weighted by atomic mass is 16.1. The first-order valence-electron chi connectivity index (χ1n) is 5.68. The van der Waals surface area contributed by atoms with E-state index in [1.165, 1.54) is 21.1 Å². The summed E-state index contributed by atoms with van der Waals surface area (Å²) in [6.45, 7) is 0.667. The molecule has 1 heterocycles. The summed E-state index contributed by atoms with van der Waals surface area (Å²) in [7, 11) is 4.50. The van der Waals surface area contributed by atoms with Gasteiger partial charge in [0, 0.05) is 6.54 Å². The summed E-state index contributed by atoms with van der Waals surface area (Å²) in [6, 6.07) is 7.76. The molecule has 6 nitrogen and oxygen atoms in total. The zero-order chi connectivity index (χ0) is 14.4. The van der Waals surface area contributed by atoms with Crippen LogP contribution >= 0.6 is 0 Å². The van der Waals surface area contributed by atoms with Crippen molar-refractivity contribution in [2.24, 2.45) is 17.2 Å². The van der Waals surface area contributed by atoms with E-state index in [-0.39, 0.29) is 6.04 Å². The number of fused-ring (bicyclic) bond motifs is 1. The number of hydrogen-bond acceptors (Lipinski definition) is 6. The number of hydrogen-bond donors (Lipinski definition) is 5. The van der Waals surface area contributed by atoms with Gasteiger partial charge in [0.25, 0.3) is 0 Å². The molecule has 1 unspecified atom stereocenters. The lowest BCUT2D eigenvalue weighted by molar-refractivity contribution is -0.108. The average Bonchev–Trinajstić information content (AvgIpc) is 2.52. The second-order valence-electron chi connectivity index (χ2n) is 2.81. The quantitative estimate of drug-likeness (QED) is 0.444. The van der Waals surface area contributed by atoms with Gasteiger partial charge in [-0.2, -0.15) is 0 Å². The van der Waals surface area contributed by atoms with E-state index in [1.54, 1.807) is 0 Å². The summed E-state index contributed by atoms with van der Waals surface area (Å²) < 4.78 is 0. The SMILES string of the molecule is CN.CN.CN.O=CC1CNc2ccccc2N1. The lowest BCUT2D eigenvalue weighted by Crippen LogP contribution is -2.33. The highest BCUT2D eigenvalue weighted by Crippen LogP contribution is 2.24. The molecule has 104 valence electrons. The summed E-state index contributed by atoms with van der Waals surface area (Å²) in [5.74, 6) is 0. The van der Waals surface area contributed by atoms with Crippen LogP contribution in [0.2, 0.25) is 0 Å². The minimum atomic E-state index is -0.0973. The van der Waals surface area contributed by atoms with Gasteiger partial charge in [-0.25, -0.2) is 0 Å². The van der Waals surface area contributed by atoms with Crippen LogP contribution in [0.3, 0.4) is 0 Å². The van der Waals surface area contributed by atoms with Gasteiger partial charge in [-0.3, -0.25) is 0 Å². The second-order valence-corrected chi connectivity index (χ2v) is 2.81. The van der Waals surface area contributed by atoms with E-state index in [0.717, 1.165) is 17.7 Å². The summed E-state index contributed by atoms with van der Waals surface area (Å²) in [4.78, 5) is 10.5. The van der Waals surface area contributed by atoms with Crippen molar-refractivity contribution >= 4 is 17.7 Å². The molecule has 0 fully saturated rings. The third-order valence-corrected chi connectivity index (χ3v) is 1.94. The highest BCUT2D eigenvalue weighted by molar-refractivity contribution is 5.77. The number of rotatable bonds is 1. The molecule has 0 bridgehead atoms. The second kappa shape index (κ2) is 13.4. The fourth-order valence-electron chi connectivity index (χ4n) is 1.32. The highest BCUT2D eigenvalue weighted by Gasteiger charge is 2.14. The first-order chi connectivity index (χ1) is 8.90. The average molecular weight is 255 g/mol. The van der Waals surface area contributed by atoms with Crippen LogP contribution in [0.25, 0.3) is 0 Å². The van der Waals surface area contributed by atoms with Gasteiger partial charge in [0.15, 0.2) is 0 Å². The van der Waals surface area contributed by atoms with E-state index in [0.29, 0.717) is 6.54 Å². The Bertz CT molecular complexity index is 306. The van der Waals surface area contributed by atoms with Crippen molar-refractivity contribution in [3.05, 3.63) is 24.3 Å².